The zero-order valence-electron chi connectivity index (χ0n) is 12.7. The van der Waals surface area contributed by atoms with Gasteiger partial charge in [-0.2, -0.15) is 9.57 Å². The first-order valence-electron chi connectivity index (χ1n) is 7.16. The lowest BCUT2D eigenvalue weighted by Gasteiger charge is -2.21. The van der Waals surface area contributed by atoms with Crippen LogP contribution in [-0.2, 0) is 22.3 Å². The quantitative estimate of drug-likeness (QED) is 0.817. The molecule has 2 rings (SSSR count). The summed E-state index contributed by atoms with van der Waals surface area (Å²) in [6.45, 7) is 2.26. The van der Waals surface area contributed by atoms with Gasteiger partial charge in [0.25, 0.3) is 0 Å². The molecule has 0 N–H and O–H groups in total. The van der Waals surface area contributed by atoms with E-state index in [9.17, 15) is 12.8 Å². The Morgan fingerprint density at radius 2 is 1.87 bits per heavy atom. The Morgan fingerprint density at radius 3 is 2.48 bits per heavy atom. The molecule has 0 aromatic heterocycles. The Hall–Kier alpha value is -2.23. The van der Waals surface area contributed by atoms with E-state index >= 15 is 0 Å². The maximum absolute atomic E-state index is 13.8. The van der Waals surface area contributed by atoms with Crippen molar-refractivity contribution in [3.8, 4) is 6.07 Å². The Balaban J connectivity index is 2.24. The molecule has 4 nitrogen and oxygen atoms in total. The van der Waals surface area contributed by atoms with Crippen molar-refractivity contribution in [1.29, 1.82) is 5.26 Å². The lowest BCUT2D eigenvalue weighted by molar-refractivity contribution is 0.422. The van der Waals surface area contributed by atoms with E-state index in [1.54, 1.807) is 6.92 Å². The van der Waals surface area contributed by atoms with Gasteiger partial charge in [0, 0.05) is 18.7 Å². The van der Waals surface area contributed by atoms with Crippen molar-refractivity contribution in [2.75, 3.05) is 6.54 Å². The molecule has 0 aliphatic rings. The molecule has 0 radical (unpaired) electrons. The average Bonchev–Trinajstić information content (AvgIpc) is 2.55. The maximum atomic E-state index is 13.8. The lowest BCUT2D eigenvalue weighted by Crippen LogP contribution is -2.31. The molecule has 0 aliphatic carbocycles. The molecule has 0 saturated heterocycles. The van der Waals surface area contributed by atoms with Crippen molar-refractivity contribution in [3.05, 3.63) is 71.0 Å². The summed E-state index contributed by atoms with van der Waals surface area (Å²) >= 11 is 0. The zero-order valence-corrected chi connectivity index (χ0v) is 13.6. The van der Waals surface area contributed by atoms with E-state index in [1.165, 1.54) is 16.4 Å². The minimum Gasteiger partial charge on any atom is -0.212 e. The first-order valence-corrected chi connectivity index (χ1v) is 8.77. The first kappa shape index (κ1) is 17.1. The van der Waals surface area contributed by atoms with Gasteiger partial charge in [0.2, 0.25) is 10.0 Å². The number of benzene rings is 2. The van der Waals surface area contributed by atoms with Crippen molar-refractivity contribution in [1.82, 2.24) is 4.31 Å². The van der Waals surface area contributed by atoms with Crippen LogP contribution in [0.25, 0.3) is 0 Å². The third-order valence-corrected chi connectivity index (χ3v) is 5.31. The Morgan fingerprint density at radius 1 is 1.17 bits per heavy atom. The molecule has 0 amide bonds. The van der Waals surface area contributed by atoms with Gasteiger partial charge in [-0.1, -0.05) is 37.3 Å². The van der Waals surface area contributed by atoms with Crippen LogP contribution in [0.1, 0.15) is 23.6 Å². The molecule has 0 heterocycles. The van der Waals surface area contributed by atoms with Gasteiger partial charge in [0.05, 0.1) is 17.4 Å². The van der Waals surface area contributed by atoms with Gasteiger partial charge in [0.15, 0.2) is 0 Å². The van der Waals surface area contributed by atoms with Crippen LogP contribution in [0.2, 0.25) is 0 Å². The Bertz CT molecular complexity index is 814. The summed E-state index contributed by atoms with van der Waals surface area (Å²) in [4.78, 5) is 0. The standard InChI is InChI=1S/C17H17FN2O2S/c1-2-20(12-14-6-4-3-5-7-14)23(21,22)13-16-10-15(11-19)8-9-17(16)18/h3-10H,2,12-13H2,1H3. The van der Waals surface area contributed by atoms with Crippen LogP contribution < -0.4 is 0 Å². The predicted molar refractivity (Wildman–Crippen MR) is 86.3 cm³/mol. The van der Waals surface area contributed by atoms with Gasteiger partial charge in [-0.05, 0) is 23.8 Å². The summed E-state index contributed by atoms with van der Waals surface area (Å²) in [6.07, 6.45) is 0. The van der Waals surface area contributed by atoms with Gasteiger partial charge >= 0.3 is 0 Å². The molecule has 6 heteroatoms. The molecule has 0 spiro atoms. The maximum Gasteiger partial charge on any atom is 0.218 e. The highest BCUT2D eigenvalue weighted by Crippen LogP contribution is 2.18. The SMILES string of the molecule is CCN(Cc1ccccc1)S(=O)(=O)Cc1cc(C#N)ccc1F. The van der Waals surface area contributed by atoms with Crippen molar-refractivity contribution in [2.45, 2.75) is 19.2 Å². The van der Waals surface area contributed by atoms with Crippen LogP contribution in [0.5, 0.6) is 0 Å². The number of nitriles is 1. The van der Waals surface area contributed by atoms with E-state index < -0.39 is 21.6 Å². The highest BCUT2D eigenvalue weighted by Gasteiger charge is 2.23. The van der Waals surface area contributed by atoms with Gasteiger partial charge in [0.1, 0.15) is 5.82 Å². The summed E-state index contributed by atoms with van der Waals surface area (Å²) in [5, 5.41) is 8.87. The van der Waals surface area contributed by atoms with Crippen molar-refractivity contribution >= 4 is 10.0 Å². The molecule has 2 aromatic rings. The van der Waals surface area contributed by atoms with Crippen LogP contribution in [0.4, 0.5) is 4.39 Å². The highest BCUT2D eigenvalue weighted by molar-refractivity contribution is 7.88. The Labute approximate surface area is 135 Å². The van der Waals surface area contributed by atoms with E-state index in [0.717, 1.165) is 11.6 Å². The predicted octanol–water partition coefficient (Wildman–Crippen LogP) is 3.05. The van der Waals surface area contributed by atoms with Gasteiger partial charge in [-0.3, -0.25) is 0 Å². The van der Waals surface area contributed by atoms with Gasteiger partial charge in [-0.15, -0.1) is 0 Å². The number of hydrogen-bond acceptors (Lipinski definition) is 3. The molecule has 0 bridgehead atoms. The normalized spacial score (nSPS) is 11.4. The average molecular weight is 332 g/mol. The summed E-state index contributed by atoms with van der Waals surface area (Å²) < 4.78 is 40.3. The fourth-order valence-electron chi connectivity index (χ4n) is 2.24. The minimum absolute atomic E-state index is 0.00978. The Kier molecular flexibility index (Phi) is 5.48. The number of rotatable bonds is 6. The van der Waals surface area contributed by atoms with E-state index in [2.05, 4.69) is 0 Å². The summed E-state index contributed by atoms with van der Waals surface area (Å²) in [5.41, 5.74) is 1.11. The van der Waals surface area contributed by atoms with Crippen molar-refractivity contribution < 1.29 is 12.8 Å². The number of halogens is 1. The molecule has 2 aromatic carbocycles. The van der Waals surface area contributed by atoms with Crippen LogP contribution in [0.3, 0.4) is 0 Å². The molecule has 120 valence electrons. The molecular formula is C17H17FN2O2S. The summed E-state index contributed by atoms with van der Waals surface area (Å²) in [7, 11) is -3.69. The molecule has 0 atom stereocenters. The lowest BCUT2D eigenvalue weighted by atomic mass is 10.1. The smallest absolute Gasteiger partial charge is 0.212 e. The van der Waals surface area contributed by atoms with E-state index in [-0.39, 0.29) is 24.2 Å². The summed E-state index contributed by atoms with van der Waals surface area (Å²) in [5.74, 6) is -1.09. The second kappa shape index (κ2) is 7.36. The van der Waals surface area contributed by atoms with Gasteiger partial charge < -0.3 is 0 Å². The van der Waals surface area contributed by atoms with E-state index in [4.69, 9.17) is 5.26 Å². The van der Waals surface area contributed by atoms with Crippen LogP contribution >= 0.6 is 0 Å². The highest BCUT2D eigenvalue weighted by atomic mass is 32.2. The fourth-order valence-corrected chi connectivity index (χ4v) is 3.77. The molecule has 0 saturated carbocycles. The molecule has 0 aliphatic heterocycles. The van der Waals surface area contributed by atoms with Crippen LogP contribution in [0, 0.1) is 17.1 Å². The summed E-state index contributed by atoms with van der Waals surface area (Å²) in [6, 6.07) is 14.8. The van der Waals surface area contributed by atoms with Gasteiger partial charge in [-0.25, -0.2) is 12.8 Å². The largest absolute Gasteiger partial charge is 0.218 e. The zero-order chi connectivity index (χ0) is 16.9. The monoisotopic (exact) mass is 332 g/mol. The molecule has 0 fully saturated rings. The van der Waals surface area contributed by atoms with Crippen LogP contribution in [0.15, 0.2) is 48.5 Å². The molecule has 23 heavy (non-hydrogen) atoms. The number of nitrogens with zero attached hydrogens (tertiary/aromatic N) is 2. The van der Waals surface area contributed by atoms with E-state index in [0.29, 0.717) is 0 Å². The first-order chi connectivity index (χ1) is 11.0. The topological polar surface area (TPSA) is 61.2 Å². The number of hydrogen-bond donors (Lipinski definition) is 0. The molecular weight excluding hydrogens is 315 g/mol. The third-order valence-electron chi connectivity index (χ3n) is 3.46. The van der Waals surface area contributed by atoms with E-state index in [1.807, 2.05) is 36.4 Å². The number of sulfonamides is 1. The van der Waals surface area contributed by atoms with Crippen LogP contribution in [-0.4, -0.2) is 19.3 Å². The van der Waals surface area contributed by atoms with Crippen molar-refractivity contribution in [2.24, 2.45) is 0 Å². The second-order valence-electron chi connectivity index (χ2n) is 5.09. The minimum atomic E-state index is -3.69. The molecule has 0 unspecified atom stereocenters. The fraction of sp³-hybridized carbons (Fsp3) is 0.235. The van der Waals surface area contributed by atoms with Crippen molar-refractivity contribution in [3.63, 3.8) is 0 Å². The third kappa shape index (κ3) is 4.38. The second-order valence-corrected chi connectivity index (χ2v) is 7.05.